The minimum absolute atomic E-state index is 0.254. The van der Waals surface area contributed by atoms with Crippen LogP contribution in [0.1, 0.15) is 31.4 Å². The van der Waals surface area contributed by atoms with Gasteiger partial charge < -0.3 is 15.1 Å². The van der Waals surface area contributed by atoms with Gasteiger partial charge in [-0.15, -0.1) is 0 Å². The van der Waals surface area contributed by atoms with Crippen LogP contribution in [0.3, 0.4) is 0 Å². The Kier molecular flexibility index (Phi) is 10.3. The standard InChI is InChI=1S/C20H23F2N.C2H2O4/c1-3-23(4-2)15-5-6-20(16-7-11-18(21)12-8-16)17-9-13-19(22)14-10-17;3-1(4)2(5)6/h6-14H,3-5,15H2,1-2H3;(H,3,4)(H,5,6). The minimum Gasteiger partial charge on any atom is -0.473 e. The van der Waals surface area contributed by atoms with Crippen LogP contribution in [0.5, 0.6) is 0 Å². The molecule has 0 aliphatic rings. The predicted molar refractivity (Wildman–Crippen MR) is 108 cm³/mol. The highest BCUT2D eigenvalue weighted by molar-refractivity contribution is 6.27. The number of aliphatic carboxylic acids is 2. The van der Waals surface area contributed by atoms with Crippen molar-refractivity contribution in [3.05, 3.63) is 77.4 Å². The van der Waals surface area contributed by atoms with E-state index in [0.29, 0.717) is 0 Å². The van der Waals surface area contributed by atoms with Crippen LogP contribution < -0.4 is 0 Å². The second kappa shape index (κ2) is 12.4. The number of rotatable bonds is 7. The molecule has 2 aromatic carbocycles. The first-order valence-corrected chi connectivity index (χ1v) is 9.19. The Hall–Kier alpha value is -3.06. The summed E-state index contributed by atoms with van der Waals surface area (Å²) in [4.78, 5) is 20.5. The van der Waals surface area contributed by atoms with E-state index >= 15 is 0 Å². The highest BCUT2D eigenvalue weighted by Crippen LogP contribution is 2.24. The zero-order valence-electron chi connectivity index (χ0n) is 16.4. The summed E-state index contributed by atoms with van der Waals surface area (Å²) in [6.45, 7) is 7.31. The summed E-state index contributed by atoms with van der Waals surface area (Å²) < 4.78 is 26.4. The smallest absolute Gasteiger partial charge is 0.414 e. The molecule has 29 heavy (non-hydrogen) atoms. The third-order valence-electron chi connectivity index (χ3n) is 4.18. The van der Waals surface area contributed by atoms with Crippen LogP contribution in [0, 0.1) is 11.6 Å². The zero-order chi connectivity index (χ0) is 21.8. The fourth-order valence-corrected chi connectivity index (χ4v) is 2.59. The molecule has 5 nitrogen and oxygen atoms in total. The molecule has 0 aliphatic heterocycles. The first-order valence-electron chi connectivity index (χ1n) is 9.19. The average Bonchev–Trinajstić information content (AvgIpc) is 2.70. The summed E-state index contributed by atoms with van der Waals surface area (Å²) >= 11 is 0. The third kappa shape index (κ3) is 8.66. The van der Waals surface area contributed by atoms with Crippen molar-refractivity contribution in [3.8, 4) is 0 Å². The van der Waals surface area contributed by atoms with Gasteiger partial charge in [-0.2, -0.15) is 0 Å². The lowest BCUT2D eigenvalue weighted by molar-refractivity contribution is -0.159. The lowest BCUT2D eigenvalue weighted by Crippen LogP contribution is -2.23. The molecule has 2 rings (SSSR count). The van der Waals surface area contributed by atoms with Gasteiger partial charge in [0, 0.05) is 6.54 Å². The molecule has 0 atom stereocenters. The summed E-state index contributed by atoms with van der Waals surface area (Å²) in [6.07, 6.45) is 3.05. The Morgan fingerprint density at radius 1 is 0.828 bits per heavy atom. The van der Waals surface area contributed by atoms with Crippen LogP contribution in [0.4, 0.5) is 8.78 Å². The number of carboxylic acids is 2. The van der Waals surface area contributed by atoms with Gasteiger partial charge in [0.1, 0.15) is 11.6 Å². The Balaban J connectivity index is 0.000000612. The number of benzene rings is 2. The zero-order valence-corrected chi connectivity index (χ0v) is 16.4. The van der Waals surface area contributed by atoms with E-state index in [1.165, 1.54) is 24.3 Å². The van der Waals surface area contributed by atoms with Gasteiger partial charge in [0.15, 0.2) is 0 Å². The van der Waals surface area contributed by atoms with Gasteiger partial charge in [-0.3, -0.25) is 0 Å². The van der Waals surface area contributed by atoms with E-state index in [-0.39, 0.29) is 11.6 Å². The molecule has 7 heteroatoms. The van der Waals surface area contributed by atoms with Crippen molar-refractivity contribution < 1.29 is 28.6 Å². The Bertz CT molecular complexity index is 754. The number of hydrogen-bond acceptors (Lipinski definition) is 3. The van der Waals surface area contributed by atoms with Gasteiger partial charge >= 0.3 is 11.9 Å². The van der Waals surface area contributed by atoms with Crippen molar-refractivity contribution in [2.75, 3.05) is 19.6 Å². The molecule has 2 N–H and O–H groups in total. The molecule has 0 aromatic heterocycles. The maximum Gasteiger partial charge on any atom is 0.414 e. The topological polar surface area (TPSA) is 77.8 Å². The molecular formula is C22H25F2NO4. The van der Waals surface area contributed by atoms with Gasteiger partial charge in [0.25, 0.3) is 0 Å². The normalized spacial score (nSPS) is 10.1. The summed E-state index contributed by atoms with van der Waals surface area (Å²) in [5, 5.41) is 14.8. The molecule has 0 bridgehead atoms. The molecule has 2 aromatic rings. The largest absolute Gasteiger partial charge is 0.473 e. The van der Waals surface area contributed by atoms with Gasteiger partial charge in [0.2, 0.25) is 0 Å². The Labute approximate surface area is 168 Å². The fraction of sp³-hybridized carbons (Fsp3) is 0.273. The number of nitrogens with zero attached hydrogens (tertiary/aromatic N) is 1. The highest BCUT2D eigenvalue weighted by atomic mass is 19.1. The number of carbonyl (C=O) groups is 2. The lowest BCUT2D eigenvalue weighted by atomic mass is 9.97. The van der Waals surface area contributed by atoms with Crippen LogP contribution >= 0.6 is 0 Å². The SMILES string of the molecule is CCN(CC)CCC=C(c1ccc(F)cc1)c1ccc(F)cc1.O=C(O)C(=O)O. The van der Waals surface area contributed by atoms with E-state index < -0.39 is 11.9 Å². The van der Waals surface area contributed by atoms with E-state index in [1.807, 2.05) is 0 Å². The van der Waals surface area contributed by atoms with Crippen LogP contribution in [-0.2, 0) is 9.59 Å². The number of hydrogen-bond donors (Lipinski definition) is 2. The Morgan fingerprint density at radius 3 is 1.52 bits per heavy atom. The number of carboxylic acid groups (broad SMARTS) is 2. The molecule has 0 aliphatic carbocycles. The molecule has 0 fully saturated rings. The van der Waals surface area contributed by atoms with Crippen molar-refractivity contribution in [1.82, 2.24) is 4.90 Å². The van der Waals surface area contributed by atoms with Gasteiger partial charge in [-0.05, 0) is 60.5 Å². The molecule has 0 saturated heterocycles. The van der Waals surface area contributed by atoms with Crippen molar-refractivity contribution in [2.24, 2.45) is 0 Å². The van der Waals surface area contributed by atoms with Crippen LogP contribution in [-0.4, -0.2) is 46.7 Å². The van der Waals surface area contributed by atoms with E-state index in [0.717, 1.165) is 42.8 Å². The monoisotopic (exact) mass is 405 g/mol. The first kappa shape index (κ1) is 24.0. The number of halogens is 2. The van der Waals surface area contributed by atoms with Crippen LogP contribution in [0.2, 0.25) is 0 Å². The summed E-state index contributed by atoms with van der Waals surface area (Å²) in [5.74, 6) is -4.16. The van der Waals surface area contributed by atoms with Crippen molar-refractivity contribution in [3.63, 3.8) is 0 Å². The minimum atomic E-state index is -1.82. The highest BCUT2D eigenvalue weighted by Gasteiger charge is 2.07. The quantitative estimate of drug-likeness (QED) is 0.672. The summed E-state index contributed by atoms with van der Waals surface area (Å²) in [5.41, 5.74) is 2.90. The average molecular weight is 405 g/mol. The molecule has 0 spiro atoms. The molecule has 0 heterocycles. The second-order valence-electron chi connectivity index (χ2n) is 6.06. The molecule has 156 valence electrons. The van der Waals surface area contributed by atoms with E-state index in [4.69, 9.17) is 19.8 Å². The van der Waals surface area contributed by atoms with Gasteiger partial charge in [-0.25, -0.2) is 18.4 Å². The van der Waals surface area contributed by atoms with Crippen molar-refractivity contribution in [2.45, 2.75) is 20.3 Å². The van der Waals surface area contributed by atoms with Gasteiger partial charge in [-0.1, -0.05) is 44.2 Å². The first-order chi connectivity index (χ1) is 13.8. The van der Waals surface area contributed by atoms with Crippen molar-refractivity contribution >= 4 is 17.5 Å². The third-order valence-corrected chi connectivity index (χ3v) is 4.18. The van der Waals surface area contributed by atoms with E-state index in [9.17, 15) is 8.78 Å². The van der Waals surface area contributed by atoms with E-state index in [1.54, 1.807) is 24.3 Å². The van der Waals surface area contributed by atoms with Gasteiger partial charge in [0.05, 0.1) is 0 Å². The maximum atomic E-state index is 13.2. The molecular weight excluding hydrogens is 380 g/mol. The molecule has 0 radical (unpaired) electrons. The predicted octanol–water partition coefficient (Wildman–Crippen LogP) is 4.28. The van der Waals surface area contributed by atoms with Crippen LogP contribution in [0.25, 0.3) is 5.57 Å². The molecule has 0 unspecified atom stereocenters. The lowest BCUT2D eigenvalue weighted by Gasteiger charge is -2.17. The molecule has 0 saturated carbocycles. The maximum absolute atomic E-state index is 13.2. The summed E-state index contributed by atoms with van der Waals surface area (Å²) in [7, 11) is 0. The van der Waals surface area contributed by atoms with E-state index in [2.05, 4.69) is 24.8 Å². The molecule has 0 amide bonds. The fourth-order valence-electron chi connectivity index (χ4n) is 2.59. The summed E-state index contributed by atoms with van der Waals surface area (Å²) in [6, 6.07) is 12.9. The Morgan fingerprint density at radius 2 is 1.21 bits per heavy atom. The van der Waals surface area contributed by atoms with Crippen LogP contribution in [0.15, 0.2) is 54.6 Å². The van der Waals surface area contributed by atoms with Crippen molar-refractivity contribution in [1.29, 1.82) is 0 Å². The second-order valence-corrected chi connectivity index (χ2v) is 6.06.